The molecule has 7 nitrogen and oxygen atoms in total. The Bertz CT molecular complexity index is 1090. The molecule has 0 aliphatic rings. The maximum Gasteiger partial charge on any atom is 0.335 e. The molecule has 0 N–H and O–H groups in total. The molecule has 34 heavy (non-hydrogen) atoms. The van der Waals surface area contributed by atoms with Crippen molar-refractivity contribution >= 4 is 5.97 Å². The first-order valence-corrected chi connectivity index (χ1v) is 11.4. The molecule has 2 aromatic carbocycles. The number of methoxy groups -OCH3 is 2. The molecule has 0 fully saturated rings. The normalized spacial score (nSPS) is 12.0. The standard InChI is InChI=1S/C27H33NO6/c1-7-32-25(27(29)31-6)14-21-12-13-22(15-24(21)30-5)33-16-23-18(4)34-26(28-23)20-10-8-19(9-11-20)17(2)3/h8-13,15,17,25H,7,14,16H2,1-6H3/t25-/m0/s1. The van der Waals surface area contributed by atoms with Crippen LogP contribution in [-0.4, -0.2) is 37.9 Å². The Morgan fingerprint density at radius 1 is 1.09 bits per heavy atom. The number of hydrogen-bond donors (Lipinski definition) is 0. The minimum Gasteiger partial charge on any atom is -0.496 e. The van der Waals surface area contributed by atoms with Crippen LogP contribution < -0.4 is 9.47 Å². The number of benzene rings is 2. The lowest BCUT2D eigenvalue weighted by molar-refractivity contribution is -0.153. The summed E-state index contributed by atoms with van der Waals surface area (Å²) >= 11 is 0. The summed E-state index contributed by atoms with van der Waals surface area (Å²) in [7, 11) is 2.93. The smallest absolute Gasteiger partial charge is 0.335 e. The topological polar surface area (TPSA) is 80.0 Å². The highest BCUT2D eigenvalue weighted by molar-refractivity contribution is 5.75. The number of ether oxygens (including phenoxy) is 4. The van der Waals surface area contributed by atoms with E-state index in [2.05, 4.69) is 31.0 Å². The van der Waals surface area contributed by atoms with Crippen molar-refractivity contribution < 1.29 is 28.2 Å². The molecule has 1 aromatic heterocycles. The second-order valence-electron chi connectivity index (χ2n) is 8.23. The average Bonchev–Trinajstić information content (AvgIpc) is 3.22. The SMILES string of the molecule is CCO[C@@H](Cc1ccc(OCc2nc(-c3ccc(C(C)C)cc3)oc2C)cc1OC)C(=O)OC. The minimum absolute atomic E-state index is 0.256. The zero-order valence-corrected chi connectivity index (χ0v) is 20.7. The molecule has 7 heteroatoms. The number of carbonyl (C=O) groups is 1. The number of esters is 1. The molecule has 0 unspecified atom stereocenters. The van der Waals surface area contributed by atoms with Gasteiger partial charge in [-0.3, -0.25) is 0 Å². The summed E-state index contributed by atoms with van der Waals surface area (Å²) in [6.45, 7) is 8.70. The van der Waals surface area contributed by atoms with Crippen molar-refractivity contribution in [1.29, 1.82) is 0 Å². The first-order valence-electron chi connectivity index (χ1n) is 11.4. The van der Waals surface area contributed by atoms with Gasteiger partial charge in [0.25, 0.3) is 0 Å². The van der Waals surface area contributed by atoms with Crippen LogP contribution in [0.25, 0.3) is 11.5 Å². The first kappa shape index (κ1) is 25.3. The van der Waals surface area contributed by atoms with E-state index < -0.39 is 12.1 Å². The second kappa shape index (κ2) is 11.7. The third kappa shape index (κ3) is 6.17. The Morgan fingerprint density at radius 2 is 1.82 bits per heavy atom. The Hall–Kier alpha value is -3.32. The van der Waals surface area contributed by atoms with E-state index >= 15 is 0 Å². The number of nitrogens with zero attached hydrogens (tertiary/aromatic N) is 1. The number of carbonyl (C=O) groups excluding carboxylic acids is 1. The van der Waals surface area contributed by atoms with Crippen LogP contribution in [0.15, 0.2) is 46.9 Å². The van der Waals surface area contributed by atoms with E-state index in [1.807, 2.05) is 38.1 Å². The van der Waals surface area contributed by atoms with Crippen molar-refractivity contribution in [2.75, 3.05) is 20.8 Å². The third-order valence-corrected chi connectivity index (χ3v) is 5.59. The van der Waals surface area contributed by atoms with E-state index in [9.17, 15) is 4.79 Å². The summed E-state index contributed by atoms with van der Waals surface area (Å²) < 4.78 is 27.7. The van der Waals surface area contributed by atoms with Crippen molar-refractivity contribution in [2.45, 2.75) is 52.7 Å². The summed E-state index contributed by atoms with van der Waals surface area (Å²) in [6, 6.07) is 13.7. The predicted molar refractivity (Wildman–Crippen MR) is 129 cm³/mol. The Balaban J connectivity index is 1.70. The molecule has 3 aromatic rings. The van der Waals surface area contributed by atoms with Crippen molar-refractivity contribution in [3.05, 3.63) is 65.0 Å². The van der Waals surface area contributed by atoms with Gasteiger partial charge in [0.1, 0.15) is 29.6 Å². The third-order valence-electron chi connectivity index (χ3n) is 5.59. The Kier molecular flexibility index (Phi) is 8.71. The van der Waals surface area contributed by atoms with Crippen LogP contribution in [0.5, 0.6) is 11.5 Å². The van der Waals surface area contributed by atoms with E-state index in [-0.39, 0.29) is 6.61 Å². The van der Waals surface area contributed by atoms with Crippen LogP contribution in [0.4, 0.5) is 0 Å². The van der Waals surface area contributed by atoms with Gasteiger partial charge in [-0.15, -0.1) is 0 Å². The summed E-state index contributed by atoms with van der Waals surface area (Å²) in [6.07, 6.45) is -0.354. The zero-order chi connectivity index (χ0) is 24.7. The molecular weight excluding hydrogens is 434 g/mol. The summed E-state index contributed by atoms with van der Waals surface area (Å²) in [4.78, 5) is 16.6. The molecule has 0 bridgehead atoms. The molecule has 0 amide bonds. The molecule has 0 aliphatic carbocycles. The highest BCUT2D eigenvalue weighted by Gasteiger charge is 2.22. The number of rotatable bonds is 11. The van der Waals surface area contributed by atoms with Crippen molar-refractivity contribution in [2.24, 2.45) is 0 Å². The van der Waals surface area contributed by atoms with Gasteiger partial charge in [0, 0.05) is 24.7 Å². The number of aromatic nitrogens is 1. The number of aryl methyl sites for hydroxylation is 1. The van der Waals surface area contributed by atoms with Crippen LogP contribution in [0, 0.1) is 6.92 Å². The molecule has 0 aliphatic heterocycles. The lowest BCUT2D eigenvalue weighted by Crippen LogP contribution is -2.28. The molecular formula is C27H33NO6. The second-order valence-corrected chi connectivity index (χ2v) is 8.23. The predicted octanol–water partition coefficient (Wildman–Crippen LogP) is 5.48. The monoisotopic (exact) mass is 467 g/mol. The molecule has 182 valence electrons. The molecule has 0 saturated carbocycles. The maximum atomic E-state index is 12.0. The van der Waals surface area contributed by atoms with Crippen molar-refractivity contribution in [3.63, 3.8) is 0 Å². The molecule has 0 radical (unpaired) electrons. The molecule has 3 rings (SSSR count). The van der Waals surface area contributed by atoms with E-state index in [0.29, 0.717) is 42.1 Å². The fourth-order valence-electron chi connectivity index (χ4n) is 3.57. The van der Waals surface area contributed by atoms with Crippen LogP contribution >= 0.6 is 0 Å². The Labute approximate surface area is 201 Å². The minimum atomic E-state index is -0.693. The summed E-state index contributed by atoms with van der Waals surface area (Å²) in [5, 5.41) is 0. The highest BCUT2D eigenvalue weighted by atomic mass is 16.6. The number of hydrogen-bond acceptors (Lipinski definition) is 7. The largest absolute Gasteiger partial charge is 0.496 e. The quantitative estimate of drug-likeness (QED) is 0.345. The van der Waals surface area contributed by atoms with Crippen LogP contribution in [0.3, 0.4) is 0 Å². The van der Waals surface area contributed by atoms with Gasteiger partial charge in [0.15, 0.2) is 6.10 Å². The van der Waals surface area contributed by atoms with Gasteiger partial charge < -0.3 is 23.4 Å². The fourth-order valence-corrected chi connectivity index (χ4v) is 3.57. The van der Waals surface area contributed by atoms with E-state index in [1.165, 1.54) is 12.7 Å². The van der Waals surface area contributed by atoms with Gasteiger partial charge in [0.2, 0.25) is 5.89 Å². The van der Waals surface area contributed by atoms with Gasteiger partial charge in [-0.1, -0.05) is 32.0 Å². The zero-order valence-electron chi connectivity index (χ0n) is 20.7. The van der Waals surface area contributed by atoms with Gasteiger partial charge in [-0.25, -0.2) is 9.78 Å². The highest BCUT2D eigenvalue weighted by Crippen LogP contribution is 2.28. The van der Waals surface area contributed by atoms with Crippen LogP contribution in [0.1, 0.15) is 49.3 Å². The molecule has 0 spiro atoms. The Morgan fingerprint density at radius 3 is 2.44 bits per heavy atom. The van der Waals surface area contributed by atoms with Gasteiger partial charge in [-0.05, 0) is 49.1 Å². The van der Waals surface area contributed by atoms with E-state index in [0.717, 1.165) is 16.8 Å². The lowest BCUT2D eigenvalue weighted by Gasteiger charge is -2.17. The van der Waals surface area contributed by atoms with Crippen LogP contribution in [0.2, 0.25) is 0 Å². The van der Waals surface area contributed by atoms with Gasteiger partial charge in [0.05, 0.1) is 14.2 Å². The fraction of sp³-hybridized carbons (Fsp3) is 0.407. The maximum absolute atomic E-state index is 12.0. The van der Waals surface area contributed by atoms with Crippen LogP contribution in [-0.2, 0) is 27.3 Å². The van der Waals surface area contributed by atoms with Gasteiger partial charge >= 0.3 is 5.97 Å². The van der Waals surface area contributed by atoms with E-state index in [1.54, 1.807) is 13.2 Å². The van der Waals surface area contributed by atoms with Crippen molar-refractivity contribution in [1.82, 2.24) is 4.98 Å². The van der Waals surface area contributed by atoms with Gasteiger partial charge in [-0.2, -0.15) is 0 Å². The number of oxazole rings is 1. The molecule has 1 heterocycles. The first-order chi connectivity index (χ1) is 16.4. The lowest BCUT2D eigenvalue weighted by atomic mass is 10.0. The molecule has 0 saturated heterocycles. The summed E-state index contributed by atoms with van der Waals surface area (Å²) in [5.74, 6) is 2.57. The average molecular weight is 468 g/mol. The van der Waals surface area contributed by atoms with E-state index in [4.69, 9.17) is 23.4 Å². The van der Waals surface area contributed by atoms with Crippen molar-refractivity contribution in [3.8, 4) is 23.0 Å². The summed E-state index contributed by atoms with van der Waals surface area (Å²) in [5.41, 5.74) is 3.75. The molecule has 1 atom stereocenters.